The Kier molecular flexibility index (Phi) is 5.33. The molecule has 0 radical (unpaired) electrons. The van der Waals surface area contributed by atoms with Crippen LogP contribution in [0, 0.1) is 6.92 Å². The summed E-state index contributed by atoms with van der Waals surface area (Å²) in [6.07, 6.45) is 0.676. The Balaban J connectivity index is 1.70. The lowest BCUT2D eigenvalue weighted by molar-refractivity contribution is 0.482. The topological polar surface area (TPSA) is 46.6 Å². The van der Waals surface area contributed by atoms with Crippen LogP contribution in [-0.4, -0.2) is 18.9 Å². The molecule has 0 aliphatic carbocycles. The van der Waals surface area contributed by atoms with Crippen molar-refractivity contribution in [3.8, 4) is 11.5 Å². The third kappa shape index (κ3) is 3.63. The molecule has 4 rings (SSSR count). The Hall–Kier alpha value is -2.06. The van der Waals surface area contributed by atoms with E-state index in [2.05, 4.69) is 22.6 Å². The molecule has 3 aromatic rings. The van der Waals surface area contributed by atoms with Crippen LogP contribution in [0.25, 0.3) is 0 Å². The Morgan fingerprint density at radius 3 is 2.39 bits per heavy atom. The highest BCUT2D eigenvalue weighted by Gasteiger charge is 2.38. The van der Waals surface area contributed by atoms with Crippen LogP contribution >= 0.6 is 22.6 Å². The van der Waals surface area contributed by atoms with Gasteiger partial charge in [-0.15, -0.1) is 0 Å². The van der Waals surface area contributed by atoms with E-state index < -0.39 is 10.0 Å². The van der Waals surface area contributed by atoms with Crippen molar-refractivity contribution in [2.45, 2.75) is 24.3 Å². The van der Waals surface area contributed by atoms with Crippen LogP contribution in [0.15, 0.2) is 77.7 Å². The van der Waals surface area contributed by atoms with Crippen LogP contribution in [0.4, 0.5) is 5.69 Å². The lowest BCUT2D eigenvalue weighted by Crippen LogP contribution is -2.38. The molecule has 0 amide bonds. The van der Waals surface area contributed by atoms with Crippen molar-refractivity contribution >= 4 is 38.3 Å². The lowest BCUT2D eigenvalue weighted by atomic mass is 10.1. The maximum Gasteiger partial charge on any atom is 0.264 e. The maximum atomic E-state index is 13.3. The summed E-state index contributed by atoms with van der Waals surface area (Å²) in [7, 11) is -3.61. The number of sulfonamides is 1. The molecule has 4 nitrogen and oxygen atoms in total. The molecule has 0 aromatic heterocycles. The molecule has 0 N–H and O–H groups in total. The highest BCUT2D eigenvalue weighted by atomic mass is 127. The molecule has 1 unspecified atom stereocenters. The predicted molar refractivity (Wildman–Crippen MR) is 120 cm³/mol. The largest absolute Gasteiger partial charge is 0.457 e. The number of benzene rings is 3. The summed E-state index contributed by atoms with van der Waals surface area (Å²) >= 11 is 2.26. The Morgan fingerprint density at radius 1 is 1.00 bits per heavy atom. The average Bonchev–Trinajstić information content (AvgIpc) is 3.08. The molecule has 1 aliphatic heterocycles. The summed E-state index contributed by atoms with van der Waals surface area (Å²) in [4.78, 5) is 0.324. The fourth-order valence-electron chi connectivity index (χ4n) is 3.43. The zero-order valence-corrected chi connectivity index (χ0v) is 18.4. The molecule has 0 saturated heterocycles. The third-order valence-corrected chi connectivity index (χ3v) is 7.71. The predicted octanol–water partition coefficient (Wildman–Crippen LogP) is 5.34. The minimum Gasteiger partial charge on any atom is -0.457 e. The molecule has 0 bridgehead atoms. The van der Waals surface area contributed by atoms with E-state index in [1.807, 2.05) is 67.6 Å². The van der Waals surface area contributed by atoms with Gasteiger partial charge >= 0.3 is 0 Å². The van der Waals surface area contributed by atoms with Crippen molar-refractivity contribution in [2.75, 3.05) is 8.73 Å². The number of hydrogen-bond donors (Lipinski definition) is 0. The van der Waals surface area contributed by atoms with Crippen LogP contribution in [0.2, 0.25) is 0 Å². The number of alkyl halides is 1. The Labute approximate surface area is 179 Å². The second-order valence-electron chi connectivity index (χ2n) is 6.83. The van der Waals surface area contributed by atoms with E-state index in [-0.39, 0.29) is 6.04 Å². The molecule has 6 heteroatoms. The summed E-state index contributed by atoms with van der Waals surface area (Å²) in [6, 6.07) is 22.1. The van der Waals surface area contributed by atoms with E-state index in [4.69, 9.17) is 4.74 Å². The summed E-state index contributed by atoms with van der Waals surface area (Å²) in [5.74, 6) is 1.47. The molecular formula is C22H20INO3S. The van der Waals surface area contributed by atoms with Gasteiger partial charge in [-0.05, 0) is 61.4 Å². The normalized spacial score (nSPS) is 16.1. The van der Waals surface area contributed by atoms with Crippen molar-refractivity contribution in [1.82, 2.24) is 0 Å². The number of halogens is 1. The lowest BCUT2D eigenvalue weighted by Gasteiger charge is -2.26. The highest BCUT2D eigenvalue weighted by molar-refractivity contribution is 14.1. The van der Waals surface area contributed by atoms with Gasteiger partial charge in [0.15, 0.2) is 0 Å². The molecule has 144 valence electrons. The number of anilines is 1. The SMILES string of the molecule is Cc1ccc(S(=O)(=O)N2c3ccc(Oc4ccccc4)cc3CC2CI)cc1. The first kappa shape index (κ1) is 19.3. The van der Waals surface area contributed by atoms with Gasteiger partial charge in [-0.2, -0.15) is 0 Å². The first-order chi connectivity index (χ1) is 13.5. The Bertz CT molecular complexity index is 1080. The molecule has 1 heterocycles. The van der Waals surface area contributed by atoms with E-state index in [0.29, 0.717) is 21.5 Å². The van der Waals surface area contributed by atoms with Gasteiger partial charge in [0.05, 0.1) is 16.6 Å². The number of fused-ring (bicyclic) bond motifs is 1. The quantitative estimate of drug-likeness (QED) is 0.348. The molecule has 0 fully saturated rings. The standard InChI is InChI=1S/C22H20INO3S/c1-16-7-10-21(11-8-16)28(25,26)24-18(15-23)13-17-14-20(9-12-22(17)24)27-19-5-3-2-4-6-19/h2-12,14,18H,13,15H2,1H3. The molecule has 28 heavy (non-hydrogen) atoms. The van der Waals surface area contributed by atoms with Gasteiger partial charge in [-0.25, -0.2) is 8.42 Å². The van der Waals surface area contributed by atoms with Crippen LogP contribution in [0.1, 0.15) is 11.1 Å². The van der Waals surface area contributed by atoms with Crippen molar-refractivity contribution in [2.24, 2.45) is 0 Å². The van der Waals surface area contributed by atoms with E-state index in [1.54, 1.807) is 16.4 Å². The zero-order chi connectivity index (χ0) is 19.7. The van der Waals surface area contributed by atoms with Crippen LogP contribution < -0.4 is 9.04 Å². The number of para-hydroxylation sites is 1. The second-order valence-corrected chi connectivity index (χ2v) is 9.53. The molecule has 0 spiro atoms. The molecule has 1 aliphatic rings. The summed E-state index contributed by atoms with van der Waals surface area (Å²) < 4.78 is 34.9. The molecule has 1 atom stereocenters. The van der Waals surface area contributed by atoms with E-state index in [1.165, 1.54) is 0 Å². The van der Waals surface area contributed by atoms with Crippen molar-refractivity contribution < 1.29 is 13.2 Å². The van der Waals surface area contributed by atoms with E-state index >= 15 is 0 Å². The minimum atomic E-state index is -3.61. The number of ether oxygens (including phenoxy) is 1. The van der Waals surface area contributed by atoms with Crippen LogP contribution in [0.5, 0.6) is 11.5 Å². The Morgan fingerprint density at radius 2 is 1.71 bits per heavy atom. The van der Waals surface area contributed by atoms with Gasteiger partial charge in [0, 0.05) is 4.43 Å². The number of aryl methyl sites for hydroxylation is 1. The second kappa shape index (κ2) is 7.75. The molecule has 0 saturated carbocycles. The first-order valence-corrected chi connectivity index (χ1v) is 12.0. The summed E-state index contributed by atoms with van der Waals surface area (Å²) in [6.45, 7) is 1.95. The summed E-state index contributed by atoms with van der Waals surface area (Å²) in [5.41, 5.74) is 2.77. The van der Waals surface area contributed by atoms with Gasteiger partial charge in [0.2, 0.25) is 0 Å². The highest BCUT2D eigenvalue weighted by Crippen LogP contribution is 2.40. The zero-order valence-electron chi connectivity index (χ0n) is 15.4. The van der Waals surface area contributed by atoms with Gasteiger partial charge in [-0.3, -0.25) is 4.31 Å². The van der Waals surface area contributed by atoms with Gasteiger partial charge in [0.25, 0.3) is 10.0 Å². The van der Waals surface area contributed by atoms with Crippen LogP contribution in [-0.2, 0) is 16.4 Å². The summed E-state index contributed by atoms with van der Waals surface area (Å²) in [5, 5.41) is 0. The van der Waals surface area contributed by atoms with Crippen molar-refractivity contribution in [3.63, 3.8) is 0 Å². The van der Waals surface area contributed by atoms with E-state index in [9.17, 15) is 8.42 Å². The maximum absolute atomic E-state index is 13.3. The molecule has 3 aromatic carbocycles. The number of hydrogen-bond acceptors (Lipinski definition) is 3. The third-order valence-electron chi connectivity index (χ3n) is 4.81. The number of rotatable bonds is 5. The smallest absolute Gasteiger partial charge is 0.264 e. The van der Waals surface area contributed by atoms with Gasteiger partial charge in [0.1, 0.15) is 11.5 Å². The van der Waals surface area contributed by atoms with Crippen molar-refractivity contribution in [1.29, 1.82) is 0 Å². The van der Waals surface area contributed by atoms with Gasteiger partial charge < -0.3 is 4.74 Å². The van der Waals surface area contributed by atoms with Gasteiger partial charge in [-0.1, -0.05) is 58.5 Å². The fraction of sp³-hybridized carbons (Fsp3) is 0.182. The minimum absolute atomic E-state index is 0.103. The average molecular weight is 505 g/mol. The number of nitrogens with zero attached hydrogens (tertiary/aromatic N) is 1. The molecular weight excluding hydrogens is 485 g/mol. The van der Waals surface area contributed by atoms with E-state index in [0.717, 1.165) is 22.6 Å². The first-order valence-electron chi connectivity index (χ1n) is 9.02. The fourth-order valence-corrected chi connectivity index (χ4v) is 6.09. The monoisotopic (exact) mass is 505 g/mol. The van der Waals surface area contributed by atoms with Crippen LogP contribution in [0.3, 0.4) is 0 Å². The van der Waals surface area contributed by atoms with Crippen molar-refractivity contribution in [3.05, 3.63) is 83.9 Å².